The molecule has 94 valence electrons. The van der Waals surface area contributed by atoms with Gasteiger partial charge in [-0.15, -0.1) is 0 Å². The Bertz CT molecular complexity index is 393. The van der Waals surface area contributed by atoms with Gasteiger partial charge in [-0.2, -0.15) is 0 Å². The van der Waals surface area contributed by atoms with Crippen molar-refractivity contribution in [3.05, 3.63) is 17.5 Å². The molecule has 0 aromatic carbocycles. The van der Waals surface area contributed by atoms with Gasteiger partial charge in [0, 0.05) is 18.6 Å². The van der Waals surface area contributed by atoms with E-state index in [0.29, 0.717) is 17.4 Å². The third-order valence-corrected chi connectivity index (χ3v) is 3.21. The normalized spacial score (nSPS) is 32.7. The van der Waals surface area contributed by atoms with Crippen molar-refractivity contribution in [2.75, 3.05) is 11.9 Å². The summed E-state index contributed by atoms with van der Waals surface area (Å²) in [4.78, 5) is 7.69. The molecular formula is C10H14ClN3O3. The van der Waals surface area contributed by atoms with Gasteiger partial charge in [0.2, 0.25) is 0 Å². The van der Waals surface area contributed by atoms with E-state index in [4.69, 9.17) is 16.7 Å². The first-order valence-electron chi connectivity index (χ1n) is 5.33. The minimum Gasteiger partial charge on any atom is -0.396 e. The lowest BCUT2D eigenvalue weighted by Crippen LogP contribution is -2.35. The number of hydrogen-bond acceptors (Lipinski definition) is 6. The second-order valence-corrected chi connectivity index (χ2v) is 4.52. The number of rotatable bonds is 3. The monoisotopic (exact) mass is 259 g/mol. The van der Waals surface area contributed by atoms with Gasteiger partial charge in [0.25, 0.3) is 0 Å². The van der Waals surface area contributed by atoms with Crippen LogP contribution in [0.2, 0.25) is 5.15 Å². The predicted octanol–water partition coefficient (Wildman–Crippen LogP) is -0.355. The highest BCUT2D eigenvalue weighted by Crippen LogP contribution is 2.28. The van der Waals surface area contributed by atoms with Gasteiger partial charge in [-0.05, 0) is 6.42 Å². The molecule has 0 amide bonds. The molecule has 4 atom stereocenters. The highest BCUT2D eigenvalue weighted by molar-refractivity contribution is 6.29. The molecule has 1 heterocycles. The first kappa shape index (κ1) is 12.5. The topological polar surface area (TPSA) is 98.5 Å². The van der Waals surface area contributed by atoms with Crippen LogP contribution in [0.25, 0.3) is 0 Å². The molecule has 0 spiro atoms. The largest absolute Gasteiger partial charge is 0.396 e. The maximum absolute atomic E-state index is 9.79. The summed E-state index contributed by atoms with van der Waals surface area (Å²) in [5.41, 5.74) is 0. The van der Waals surface area contributed by atoms with Crippen LogP contribution in [0.5, 0.6) is 0 Å². The molecule has 0 unspecified atom stereocenters. The summed E-state index contributed by atoms with van der Waals surface area (Å²) in [5.74, 6) is 0.166. The molecule has 2 rings (SSSR count). The Labute approximate surface area is 103 Å². The fourth-order valence-electron chi connectivity index (χ4n) is 2.05. The molecule has 1 fully saturated rings. The van der Waals surface area contributed by atoms with Crippen LogP contribution in [0.1, 0.15) is 6.42 Å². The number of hydrogen-bond donors (Lipinski definition) is 4. The Kier molecular flexibility index (Phi) is 3.78. The summed E-state index contributed by atoms with van der Waals surface area (Å²) in [7, 11) is 0. The minimum atomic E-state index is -0.930. The van der Waals surface area contributed by atoms with Crippen molar-refractivity contribution in [1.29, 1.82) is 0 Å². The Morgan fingerprint density at radius 3 is 2.71 bits per heavy atom. The van der Waals surface area contributed by atoms with E-state index in [1.54, 1.807) is 0 Å². The third-order valence-electron chi connectivity index (χ3n) is 3.00. The van der Waals surface area contributed by atoms with Gasteiger partial charge in [0.15, 0.2) is 0 Å². The number of halogens is 1. The van der Waals surface area contributed by atoms with Gasteiger partial charge in [-0.25, -0.2) is 9.97 Å². The maximum atomic E-state index is 9.79. The molecule has 0 radical (unpaired) electrons. The fraction of sp³-hybridized carbons (Fsp3) is 0.600. The zero-order valence-electron chi connectivity index (χ0n) is 8.99. The van der Waals surface area contributed by atoms with Gasteiger partial charge in [0.1, 0.15) is 23.4 Å². The van der Waals surface area contributed by atoms with Crippen molar-refractivity contribution < 1.29 is 15.3 Å². The molecule has 1 saturated carbocycles. The summed E-state index contributed by atoms with van der Waals surface area (Å²) >= 11 is 5.71. The van der Waals surface area contributed by atoms with Crippen molar-refractivity contribution in [3.63, 3.8) is 0 Å². The Hall–Kier alpha value is -0.950. The molecule has 1 aromatic rings. The molecule has 17 heavy (non-hydrogen) atoms. The number of nitrogens with zero attached hydrogens (tertiary/aromatic N) is 2. The molecule has 0 aliphatic heterocycles. The van der Waals surface area contributed by atoms with E-state index in [2.05, 4.69) is 15.3 Å². The maximum Gasteiger partial charge on any atom is 0.134 e. The van der Waals surface area contributed by atoms with Crippen molar-refractivity contribution in [2.45, 2.75) is 24.7 Å². The second-order valence-electron chi connectivity index (χ2n) is 4.14. The average Bonchev–Trinajstić information content (AvgIpc) is 2.57. The Balaban J connectivity index is 2.05. The third kappa shape index (κ3) is 2.66. The van der Waals surface area contributed by atoms with E-state index < -0.39 is 12.2 Å². The zero-order valence-corrected chi connectivity index (χ0v) is 9.75. The second kappa shape index (κ2) is 5.14. The first-order valence-corrected chi connectivity index (χ1v) is 5.70. The van der Waals surface area contributed by atoms with Crippen molar-refractivity contribution in [1.82, 2.24) is 9.97 Å². The standard InChI is InChI=1S/C10H14ClN3O3/c11-7-2-8(13-4-12-7)14-6-1-5(3-15)9(16)10(6)17/h2,4-6,9-10,15-17H,1,3H2,(H,12,13,14)/t5-,6-,9-,10-/m1/s1. The number of anilines is 1. The van der Waals surface area contributed by atoms with E-state index in [-0.39, 0.29) is 18.6 Å². The van der Waals surface area contributed by atoms with Gasteiger partial charge in [0.05, 0.1) is 12.1 Å². The summed E-state index contributed by atoms with van der Waals surface area (Å²) in [6.07, 6.45) is -0.0671. The van der Waals surface area contributed by atoms with Crippen LogP contribution in [0.4, 0.5) is 5.82 Å². The van der Waals surface area contributed by atoms with Crippen LogP contribution in [-0.2, 0) is 0 Å². The van der Waals surface area contributed by atoms with Crippen LogP contribution >= 0.6 is 11.6 Å². The molecule has 1 aliphatic rings. The minimum absolute atomic E-state index is 0.152. The highest BCUT2D eigenvalue weighted by Gasteiger charge is 2.41. The Morgan fingerprint density at radius 1 is 1.35 bits per heavy atom. The lowest BCUT2D eigenvalue weighted by molar-refractivity contribution is 0.00445. The summed E-state index contributed by atoms with van der Waals surface area (Å²) in [6, 6.07) is 1.18. The van der Waals surface area contributed by atoms with Gasteiger partial charge in [-0.3, -0.25) is 0 Å². The van der Waals surface area contributed by atoms with Crippen LogP contribution in [-0.4, -0.2) is 50.1 Å². The number of nitrogens with one attached hydrogen (secondary N) is 1. The van der Waals surface area contributed by atoms with E-state index in [0.717, 1.165) is 0 Å². The first-order chi connectivity index (χ1) is 8.11. The quantitative estimate of drug-likeness (QED) is 0.554. The lowest BCUT2D eigenvalue weighted by atomic mass is 10.1. The zero-order chi connectivity index (χ0) is 12.4. The lowest BCUT2D eigenvalue weighted by Gasteiger charge is -2.18. The van der Waals surface area contributed by atoms with Crippen LogP contribution < -0.4 is 5.32 Å². The van der Waals surface area contributed by atoms with Crippen molar-refractivity contribution >= 4 is 17.4 Å². The smallest absolute Gasteiger partial charge is 0.134 e. The van der Waals surface area contributed by atoms with E-state index >= 15 is 0 Å². The molecule has 6 nitrogen and oxygen atoms in total. The SMILES string of the molecule is OC[C@H]1C[C@@H](Nc2cc(Cl)ncn2)[C@@H](O)[C@@H]1O. The van der Waals surface area contributed by atoms with Crippen LogP contribution in [0.15, 0.2) is 12.4 Å². The van der Waals surface area contributed by atoms with E-state index in [1.165, 1.54) is 12.4 Å². The van der Waals surface area contributed by atoms with E-state index in [1.807, 2.05) is 0 Å². The van der Waals surface area contributed by atoms with E-state index in [9.17, 15) is 10.2 Å². The molecule has 1 aliphatic carbocycles. The molecule has 4 N–H and O–H groups in total. The molecular weight excluding hydrogens is 246 g/mol. The Morgan fingerprint density at radius 2 is 2.12 bits per heavy atom. The van der Waals surface area contributed by atoms with Crippen LogP contribution in [0, 0.1) is 5.92 Å². The number of aromatic nitrogens is 2. The number of aliphatic hydroxyl groups is 3. The molecule has 0 bridgehead atoms. The predicted molar refractivity (Wildman–Crippen MR) is 61.7 cm³/mol. The fourth-order valence-corrected chi connectivity index (χ4v) is 2.20. The summed E-state index contributed by atoms with van der Waals surface area (Å²) in [5, 5.41) is 31.7. The number of aliphatic hydroxyl groups excluding tert-OH is 3. The molecule has 0 saturated heterocycles. The van der Waals surface area contributed by atoms with Gasteiger partial charge in [-0.1, -0.05) is 11.6 Å². The van der Waals surface area contributed by atoms with Gasteiger partial charge >= 0.3 is 0 Å². The molecule has 7 heteroatoms. The highest BCUT2D eigenvalue weighted by atomic mass is 35.5. The van der Waals surface area contributed by atoms with Crippen LogP contribution in [0.3, 0.4) is 0 Å². The van der Waals surface area contributed by atoms with Crippen molar-refractivity contribution in [2.24, 2.45) is 5.92 Å². The average molecular weight is 260 g/mol. The summed E-state index contributed by atoms with van der Waals surface area (Å²) in [6.45, 7) is -0.152. The van der Waals surface area contributed by atoms with Gasteiger partial charge < -0.3 is 20.6 Å². The molecule has 1 aromatic heterocycles. The van der Waals surface area contributed by atoms with Crippen molar-refractivity contribution in [3.8, 4) is 0 Å². The summed E-state index contributed by atoms with van der Waals surface area (Å²) < 4.78 is 0.